The minimum atomic E-state index is -3.42. The Morgan fingerprint density at radius 1 is 1.35 bits per heavy atom. The molecule has 0 unspecified atom stereocenters. The average molecular weight is 402 g/mol. The molecule has 0 radical (unpaired) electrons. The number of hydrogen-bond donors (Lipinski definition) is 1. The molecular formula is C15H22N4O5S2. The molecule has 0 aliphatic heterocycles. The monoisotopic (exact) mass is 402 g/mol. The predicted octanol–water partition coefficient (Wildman–Crippen LogP) is 1.04. The molecule has 1 heterocycles. The second-order valence-electron chi connectivity index (χ2n) is 5.48. The van der Waals surface area contributed by atoms with Crippen LogP contribution in [0.2, 0.25) is 0 Å². The average Bonchev–Trinajstić information content (AvgIpc) is 3.04. The summed E-state index contributed by atoms with van der Waals surface area (Å²) in [6, 6.07) is 1.86. The molecule has 0 fully saturated rings. The Balaban J connectivity index is 2.87. The van der Waals surface area contributed by atoms with Gasteiger partial charge < -0.3 is 14.8 Å². The number of aromatic nitrogens is 2. The molecule has 1 aromatic rings. The zero-order valence-electron chi connectivity index (χ0n) is 15.1. The molecule has 0 saturated carbocycles. The van der Waals surface area contributed by atoms with E-state index >= 15 is 0 Å². The highest BCUT2D eigenvalue weighted by Crippen LogP contribution is 2.18. The SMILES string of the molecule is CCOCCOC(=O)/C(C#N)=C(/NCc1nnc(S(C)(=O)=O)s1)C(C)C. The van der Waals surface area contributed by atoms with E-state index in [1.165, 1.54) is 0 Å². The summed E-state index contributed by atoms with van der Waals surface area (Å²) >= 11 is 0.930. The molecule has 11 heteroatoms. The number of nitrogens with zero attached hydrogens (tertiary/aromatic N) is 3. The molecular weight excluding hydrogens is 380 g/mol. The van der Waals surface area contributed by atoms with Gasteiger partial charge in [0.05, 0.1) is 13.2 Å². The van der Waals surface area contributed by atoms with Crippen LogP contribution in [0.3, 0.4) is 0 Å². The number of rotatable bonds is 10. The van der Waals surface area contributed by atoms with Gasteiger partial charge in [0.15, 0.2) is 5.57 Å². The van der Waals surface area contributed by atoms with E-state index in [4.69, 9.17) is 9.47 Å². The van der Waals surface area contributed by atoms with Crippen molar-refractivity contribution >= 4 is 27.1 Å². The van der Waals surface area contributed by atoms with Gasteiger partial charge in [-0.25, -0.2) is 13.2 Å². The van der Waals surface area contributed by atoms with Gasteiger partial charge in [-0.05, 0) is 12.8 Å². The van der Waals surface area contributed by atoms with E-state index in [1.54, 1.807) is 0 Å². The van der Waals surface area contributed by atoms with Crippen molar-refractivity contribution in [2.24, 2.45) is 5.92 Å². The smallest absolute Gasteiger partial charge is 0.350 e. The Hall–Kier alpha value is -2.03. The predicted molar refractivity (Wildman–Crippen MR) is 94.8 cm³/mol. The Labute approximate surface area is 156 Å². The number of allylic oxidation sites excluding steroid dienone is 1. The van der Waals surface area contributed by atoms with Gasteiger partial charge >= 0.3 is 5.97 Å². The van der Waals surface area contributed by atoms with Crippen molar-refractivity contribution in [1.29, 1.82) is 5.26 Å². The second-order valence-corrected chi connectivity index (χ2v) is 8.73. The van der Waals surface area contributed by atoms with Crippen molar-refractivity contribution in [3.8, 4) is 6.07 Å². The maximum absolute atomic E-state index is 12.1. The fourth-order valence-electron chi connectivity index (χ4n) is 1.84. The first-order valence-corrected chi connectivity index (χ1v) is 10.6. The molecule has 0 amide bonds. The van der Waals surface area contributed by atoms with Crippen LogP contribution in [0.1, 0.15) is 25.8 Å². The van der Waals surface area contributed by atoms with E-state index in [0.717, 1.165) is 17.6 Å². The van der Waals surface area contributed by atoms with Crippen LogP contribution in [0.25, 0.3) is 0 Å². The summed E-state index contributed by atoms with van der Waals surface area (Å²) in [5.74, 6) is -0.899. The highest BCUT2D eigenvalue weighted by Gasteiger charge is 2.20. The highest BCUT2D eigenvalue weighted by molar-refractivity contribution is 7.92. The van der Waals surface area contributed by atoms with Crippen LogP contribution in [0.5, 0.6) is 0 Å². The molecule has 1 aromatic heterocycles. The van der Waals surface area contributed by atoms with E-state index in [0.29, 0.717) is 17.3 Å². The summed E-state index contributed by atoms with van der Waals surface area (Å²) in [5, 5.41) is 20.2. The molecule has 0 saturated heterocycles. The topological polar surface area (TPSA) is 131 Å². The first-order chi connectivity index (χ1) is 12.2. The van der Waals surface area contributed by atoms with E-state index < -0.39 is 15.8 Å². The summed E-state index contributed by atoms with van der Waals surface area (Å²) in [4.78, 5) is 12.1. The van der Waals surface area contributed by atoms with Crippen molar-refractivity contribution < 1.29 is 22.7 Å². The number of hydrogen-bond acceptors (Lipinski definition) is 10. The molecule has 26 heavy (non-hydrogen) atoms. The van der Waals surface area contributed by atoms with Gasteiger partial charge in [-0.3, -0.25) is 0 Å². The Bertz CT molecular complexity index is 793. The lowest BCUT2D eigenvalue weighted by atomic mass is 10.0. The van der Waals surface area contributed by atoms with Crippen molar-refractivity contribution in [2.75, 3.05) is 26.1 Å². The van der Waals surface area contributed by atoms with Crippen LogP contribution in [0.15, 0.2) is 15.6 Å². The Morgan fingerprint density at radius 3 is 2.54 bits per heavy atom. The first-order valence-electron chi connectivity index (χ1n) is 7.86. The van der Waals surface area contributed by atoms with Gasteiger partial charge in [0.1, 0.15) is 17.7 Å². The second kappa shape index (κ2) is 10.2. The van der Waals surface area contributed by atoms with Crippen LogP contribution in [0.4, 0.5) is 0 Å². The number of carbonyl (C=O) groups is 1. The molecule has 0 bridgehead atoms. The fourth-order valence-corrected chi connectivity index (χ4v) is 3.43. The van der Waals surface area contributed by atoms with Crippen molar-refractivity contribution in [3.05, 3.63) is 16.3 Å². The van der Waals surface area contributed by atoms with Crippen LogP contribution >= 0.6 is 11.3 Å². The molecule has 0 aliphatic rings. The third-order valence-electron chi connectivity index (χ3n) is 3.02. The third kappa shape index (κ3) is 6.70. The van der Waals surface area contributed by atoms with Gasteiger partial charge in [0, 0.05) is 18.6 Å². The number of esters is 1. The fraction of sp³-hybridized carbons (Fsp3) is 0.600. The molecule has 0 aromatic carbocycles. The number of nitriles is 1. The standard InChI is InChI=1S/C15H22N4O5S2/c1-5-23-6-7-24-14(20)11(8-16)13(10(2)3)17-9-12-18-19-15(25-12)26(4,21)22/h10,17H,5-7,9H2,1-4H3/b13-11+. The van der Waals surface area contributed by atoms with Crippen LogP contribution in [0, 0.1) is 17.2 Å². The molecule has 144 valence electrons. The van der Waals surface area contributed by atoms with Crippen molar-refractivity contribution in [1.82, 2.24) is 15.5 Å². The van der Waals surface area contributed by atoms with Crippen LogP contribution in [-0.4, -0.2) is 50.7 Å². The van der Waals surface area contributed by atoms with Crippen LogP contribution < -0.4 is 5.32 Å². The van der Waals surface area contributed by atoms with Gasteiger partial charge in [-0.2, -0.15) is 5.26 Å². The number of carbonyl (C=O) groups excluding carboxylic acids is 1. The summed E-state index contributed by atoms with van der Waals surface area (Å²) < 4.78 is 32.9. The molecule has 0 spiro atoms. The molecule has 0 aliphatic carbocycles. The van der Waals surface area contributed by atoms with Crippen molar-refractivity contribution in [2.45, 2.75) is 31.7 Å². The van der Waals surface area contributed by atoms with E-state index in [1.807, 2.05) is 26.8 Å². The summed E-state index contributed by atoms with van der Waals surface area (Å²) in [6.45, 7) is 6.41. The molecule has 1 N–H and O–H groups in total. The van der Waals surface area contributed by atoms with Crippen molar-refractivity contribution in [3.63, 3.8) is 0 Å². The number of nitrogens with one attached hydrogen (secondary N) is 1. The zero-order valence-corrected chi connectivity index (χ0v) is 16.7. The van der Waals surface area contributed by atoms with Gasteiger partial charge in [0.2, 0.25) is 14.2 Å². The zero-order chi connectivity index (χ0) is 19.7. The maximum atomic E-state index is 12.1. The molecule has 9 nitrogen and oxygen atoms in total. The number of ether oxygens (including phenoxy) is 2. The summed E-state index contributed by atoms with van der Waals surface area (Å²) in [7, 11) is -3.42. The van der Waals surface area contributed by atoms with Gasteiger partial charge in [0.25, 0.3) is 0 Å². The molecule has 0 atom stereocenters. The Kier molecular flexibility index (Phi) is 8.64. The third-order valence-corrected chi connectivity index (χ3v) is 5.62. The lowest BCUT2D eigenvalue weighted by Gasteiger charge is -2.15. The van der Waals surface area contributed by atoms with Gasteiger partial charge in [-0.15, -0.1) is 10.2 Å². The summed E-state index contributed by atoms with van der Waals surface area (Å²) in [5.41, 5.74) is 0.259. The maximum Gasteiger partial charge on any atom is 0.350 e. The minimum Gasteiger partial charge on any atom is -0.459 e. The largest absolute Gasteiger partial charge is 0.459 e. The molecule has 1 rings (SSSR count). The first kappa shape index (κ1) is 22.0. The lowest BCUT2D eigenvalue weighted by Crippen LogP contribution is -2.23. The quantitative estimate of drug-likeness (QED) is 0.264. The van der Waals surface area contributed by atoms with Crippen LogP contribution in [-0.2, 0) is 30.7 Å². The lowest BCUT2D eigenvalue weighted by molar-refractivity contribution is -0.140. The van der Waals surface area contributed by atoms with E-state index in [-0.39, 0.29) is 35.6 Å². The Morgan fingerprint density at radius 2 is 2.04 bits per heavy atom. The van der Waals surface area contributed by atoms with Gasteiger partial charge in [-0.1, -0.05) is 25.2 Å². The highest BCUT2D eigenvalue weighted by atomic mass is 32.2. The van der Waals surface area contributed by atoms with E-state index in [2.05, 4.69) is 15.5 Å². The summed E-state index contributed by atoms with van der Waals surface area (Å²) in [6.07, 6.45) is 1.05. The minimum absolute atomic E-state index is 0.0529. The number of sulfone groups is 1. The normalized spacial score (nSPS) is 12.5. The van der Waals surface area contributed by atoms with E-state index in [9.17, 15) is 18.5 Å².